The Morgan fingerprint density at radius 2 is 1.88 bits per heavy atom. The number of ether oxygens (including phenoxy) is 1. The van der Waals surface area contributed by atoms with Crippen LogP contribution in [0.5, 0.6) is 5.75 Å². The highest BCUT2D eigenvalue weighted by molar-refractivity contribution is 7.10. The maximum atomic E-state index is 13.4. The van der Waals surface area contributed by atoms with E-state index in [2.05, 4.69) is 4.37 Å². The summed E-state index contributed by atoms with van der Waals surface area (Å²) in [4.78, 5) is 0.918. The summed E-state index contributed by atoms with van der Waals surface area (Å²) >= 11 is 7.49. The van der Waals surface area contributed by atoms with Crippen molar-refractivity contribution in [2.75, 3.05) is 0 Å². The number of aromatic nitrogens is 1. The van der Waals surface area contributed by atoms with Crippen LogP contribution in [0, 0.1) is 6.92 Å². The number of hydrogen-bond acceptors (Lipinski definition) is 3. The molecule has 0 aliphatic rings. The molecule has 0 saturated carbocycles. The minimum Gasteiger partial charge on any atom is -0.489 e. The van der Waals surface area contributed by atoms with Gasteiger partial charge in [-0.2, -0.15) is 4.37 Å². The van der Waals surface area contributed by atoms with Gasteiger partial charge in [-0.1, -0.05) is 53.6 Å². The summed E-state index contributed by atoms with van der Waals surface area (Å²) in [7, 11) is 0. The van der Waals surface area contributed by atoms with Gasteiger partial charge in [-0.15, -0.1) is 0 Å². The van der Waals surface area contributed by atoms with Crippen LogP contribution in [-0.2, 0) is 12.5 Å². The average molecular weight is 380 g/mol. The zero-order valence-electron chi connectivity index (χ0n) is 13.7. The van der Waals surface area contributed by atoms with Crippen LogP contribution in [0.2, 0.25) is 5.15 Å². The van der Waals surface area contributed by atoms with Gasteiger partial charge < -0.3 is 4.74 Å². The lowest BCUT2D eigenvalue weighted by Gasteiger charge is -2.13. The molecule has 0 aliphatic carbocycles. The fourth-order valence-electron chi connectivity index (χ4n) is 2.36. The standard InChI is InChI=1S/C19H16ClF2NOS/c1-12-6-8-13(9-7-12)17-16(18(20)23-25-17)11-24-15-5-3-4-14(10-15)19(2,21)22/h3-10H,11H2,1-2H3. The number of halogens is 3. The van der Waals surface area contributed by atoms with Crippen molar-refractivity contribution in [3.8, 4) is 16.2 Å². The number of aryl methyl sites for hydroxylation is 1. The third-order valence-corrected chi connectivity index (χ3v) is 5.13. The van der Waals surface area contributed by atoms with Crippen molar-refractivity contribution in [3.63, 3.8) is 0 Å². The van der Waals surface area contributed by atoms with Crippen LogP contribution >= 0.6 is 23.1 Å². The molecule has 0 N–H and O–H groups in total. The van der Waals surface area contributed by atoms with E-state index in [1.165, 1.54) is 23.7 Å². The Hall–Kier alpha value is -1.98. The van der Waals surface area contributed by atoms with Gasteiger partial charge >= 0.3 is 0 Å². The zero-order valence-corrected chi connectivity index (χ0v) is 15.3. The molecule has 1 aromatic heterocycles. The summed E-state index contributed by atoms with van der Waals surface area (Å²) in [6, 6.07) is 14.0. The molecular weight excluding hydrogens is 364 g/mol. The lowest BCUT2D eigenvalue weighted by atomic mass is 10.1. The molecule has 3 aromatic rings. The summed E-state index contributed by atoms with van der Waals surface area (Å²) in [5.41, 5.74) is 2.83. The third-order valence-electron chi connectivity index (χ3n) is 3.78. The first-order valence-electron chi connectivity index (χ1n) is 7.67. The minimum absolute atomic E-state index is 0.0849. The molecule has 6 heteroatoms. The van der Waals surface area contributed by atoms with E-state index in [1.54, 1.807) is 12.1 Å². The van der Waals surface area contributed by atoms with Crippen LogP contribution < -0.4 is 4.74 Å². The molecular formula is C19H16ClF2NOS. The highest BCUT2D eigenvalue weighted by Gasteiger charge is 2.24. The van der Waals surface area contributed by atoms with E-state index in [9.17, 15) is 8.78 Å². The van der Waals surface area contributed by atoms with E-state index < -0.39 is 5.92 Å². The van der Waals surface area contributed by atoms with Crippen molar-refractivity contribution in [3.05, 3.63) is 70.4 Å². The molecule has 0 unspecified atom stereocenters. The van der Waals surface area contributed by atoms with Gasteiger partial charge in [-0.3, -0.25) is 0 Å². The van der Waals surface area contributed by atoms with E-state index >= 15 is 0 Å². The zero-order chi connectivity index (χ0) is 18.0. The Labute approximate surface area is 154 Å². The Morgan fingerprint density at radius 3 is 2.56 bits per heavy atom. The van der Waals surface area contributed by atoms with E-state index in [4.69, 9.17) is 16.3 Å². The second-order valence-electron chi connectivity index (χ2n) is 5.85. The van der Waals surface area contributed by atoms with Gasteiger partial charge in [0.25, 0.3) is 5.92 Å². The molecule has 0 amide bonds. The molecule has 2 aromatic carbocycles. The topological polar surface area (TPSA) is 22.1 Å². The van der Waals surface area contributed by atoms with Crippen molar-refractivity contribution < 1.29 is 13.5 Å². The van der Waals surface area contributed by atoms with Crippen molar-refractivity contribution in [1.82, 2.24) is 4.37 Å². The molecule has 0 bridgehead atoms. The van der Waals surface area contributed by atoms with Crippen LogP contribution in [0.4, 0.5) is 8.78 Å². The number of alkyl halides is 2. The lowest BCUT2D eigenvalue weighted by molar-refractivity contribution is 0.0172. The van der Waals surface area contributed by atoms with Gasteiger partial charge in [-0.25, -0.2) is 8.78 Å². The molecule has 2 nitrogen and oxygen atoms in total. The predicted octanol–water partition coefficient (Wildman–Crippen LogP) is 6.46. The Bertz CT molecular complexity index is 872. The first-order chi connectivity index (χ1) is 11.8. The Morgan fingerprint density at radius 1 is 1.16 bits per heavy atom. The quantitative estimate of drug-likeness (QED) is 0.507. The molecule has 25 heavy (non-hydrogen) atoms. The Balaban J connectivity index is 1.83. The Kier molecular flexibility index (Phi) is 5.06. The van der Waals surface area contributed by atoms with Gasteiger partial charge in [0.05, 0.1) is 4.88 Å². The van der Waals surface area contributed by atoms with Crippen molar-refractivity contribution in [1.29, 1.82) is 0 Å². The van der Waals surface area contributed by atoms with Crippen LogP contribution in [0.25, 0.3) is 10.4 Å². The van der Waals surface area contributed by atoms with E-state index in [-0.39, 0.29) is 12.2 Å². The lowest BCUT2D eigenvalue weighted by Crippen LogP contribution is -2.07. The molecule has 0 spiro atoms. The van der Waals surface area contributed by atoms with Crippen molar-refractivity contribution in [2.45, 2.75) is 26.4 Å². The minimum atomic E-state index is -2.91. The van der Waals surface area contributed by atoms with Gasteiger partial charge in [0.15, 0.2) is 0 Å². The van der Waals surface area contributed by atoms with Crippen molar-refractivity contribution >= 4 is 23.1 Å². The third kappa shape index (κ3) is 4.17. The summed E-state index contributed by atoms with van der Waals surface area (Å²) < 4.78 is 36.8. The fraction of sp³-hybridized carbons (Fsp3) is 0.211. The predicted molar refractivity (Wildman–Crippen MR) is 97.6 cm³/mol. The first-order valence-corrected chi connectivity index (χ1v) is 8.82. The number of hydrogen-bond donors (Lipinski definition) is 0. The highest BCUT2D eigenvalue weighted by Crippen LogP contribution is 2.35. The van der Waals surface area contributed by atoms with Gasteiger partial charge in [-0.05, 0) is 36.2 Å². The van der Waals surface area contributed by atoms with Crippen LogP contribution in [0.15, 0.2) is 48.5 Å². The second kappa shape index (κ2) is 7.10. The maximum absolute atomic E-state index is 13.4. The summed E-state index contributed by atoms with van der Waals surface area (Å²) in [6.07, 6.45) is 0. The molecule has 0 aliphatic heterocycles. The van der Waals surface area contributed by atoms with E-state index in [0.29, 0.717) is 10.9 Å². The molecule has 0 atom stereocenters. The summed E-state index contributed by atoms with van der Waals surface area (Å²) in [5.74, 6) is -2.54. The number of benzene rings is 2. The summed E-state index contributed by atoms with van der Waals surface area (Å²) in [5, 5.41) is 0.373. The maximum Gasteiger partial charge on any atom is 0.270 e. The fourth-order valence-corrected chi connectivity index (χ4v) is 3.46. The molecule has 0 saturated heterocycles. The van der Waals surface area contributed by atoms with Gasteiger partial charge in [0, 0.05) is 18.1 Å². The SMILES string of the molecule is Cc1ccc(-c2snc(Cl)c2COc2cccc(C(C)(F)F)c2)cc1. The smallest absolute Gasteiger partial charge is 0.270 e. The number of nitrogens with zero attached hydrogens (tertiary/aromatic N) is 1. The van der Waals surface area contributed by atoms with E-state index in [0.717, 1.165) is 28.5 Å². The monoisotopic (exact) mass is 379 g/mol. The normalized spacial score (nSPS) is 11.6. The molecule has 3 rings (SSSR count). The summed E-state index contributed by atoms with van der Waals surface area (Å²) in [6.45, 7) is 3.04. The van der Waals surface area contributed by atoms with E-state index in [1.807, 2.05) is 31.2 Å². The van der Waals surface area contributed by atoms with Crippen molar-refractivity contribution in [2.24, 2.45) is 0 Å². The molecule has 1 heterocycles. The molecule has 130 valence electrons. The number of rotatable bonds is 5. The molecule has 0 fully saturated rings. The first kappa shape index (κ1) is 17.8. The molecule has 0 radical (unpaired) electrons. The van der Waals surface area contributed by atoms with Gasteiger partial charge in [0.1, 0.15) is 17.5 Å². The van der Waals surface area contributed by atoms with Crippen LogP contribution in [-0.4, -0.2) is 4.37 Å². The largest absolute Gasteiger partial charge is 0.489 e. The highest BCUT2D eigenvalue weighted by atomic mass is 35.5. The second-order valence-corrected chi connectivity index (χ2v) is 6.98. The van der Waals surface area contributed by atoms with Crippen LogP contribution in [0.1, 0.15) is 23.6 Å². The van der Waals surface area contributed by atoms with Gasteiger partial charge in [0.2, 0.25) is 0 Å². The van der Waals surface area contributed by atoms with Crippen LogP contribution in [0.3, 0.4) is 0 Å². The average Bonchev–Trinajstić information content (AvgIpc) is 2.94.